The molecule has 5 rings (SSSR count). The molecule has 0 bridgehead atoms. The van der Waals surface area contributed by atoms with E-state index in [1.165, 1.54) is 28.9 Å². The van der Waals surface area contributed by atoms with Crippen molar-refractivity contribution >= 4 is 23.3 Å². The zero-order valence-electron chi connectivity index (χ0n) is 18.6. The van der Waals surface area contributed by atoms with Crippen LogP contribution in [0.5, 0.6) is 0 Å². The van der Waals surface area contributed by atoms with Crippen molar-refractivity contribution in [1.82, 2.24) is 24.6 Å². The molecular weight excluding hydrogens is 474 g/mol. The van der Waals surface area contributed by atoms with E-state index < -0.39 is 0 Å². The monoisotopic (exact) mass is 494 g/mol. The van der Waals surface area contributed by atoms with Crippen molar-refractivity contribution < 1.29 is 13.6 Å². The van der Waals surface area contributed by atoms with E-state index in [0.29, 0.717) is 54.0 Å². The van der Waals surface area contributed by atoms with E-state index >= 15 is 0 Å². The summed E-state index contributed by atoms with van der Waals surface area (Å²) < 4.78 is 28.4. The molecule has 2 aromatic heterocycles. The fourth-order valence-electron chi connectivity index (χ4n) is 3.97. The number of benzene rings is 2. The van der Waals surface area contributed by atoms with Crippen LogP contribution in [0.25, 0.3) is 22.8 Å². The molecule has 1 aliphatic heterocycles. The fourth-order valence-corrected chi connectivity index (χ4v) is 4.12. The molecule has 1 saturated heterocycles. The average molecular weight is 495 g/mol. The first-order valence-electron chi connectivity index (χ1n) is 11.1. The molecule has 0 N–H and O–H groups in total. The second-order valence-electron chi connectivity index (χ2n) is 8.13. The number of carbonyl (C=O) groups is 1. The molecule has 4 aromatic rings. The van der Waals surface area contributed by atoms with Crippen LogP contribution in [0.2, 0.25) is 5.02 Å². The number of hydrogen-bond acceptors (Lipinski definition) is 5. The van der Waals surface area contributed by atoms with Gasteiger partial charge in [0.1, 0.15) is 24.0 Å². The first-order chi connectivity index (χ1) is 17.0. The largest absolute Gasteiger partial charge is 0.353 e. The fraction of sp³-hybridized carbons (Fsp3) is 0.200. The van der Waals surface area contributed by atoms with Gasteiger partial charge in [0.2, 0.25) is 5.91 Å². The summed E-state index contributed by atoms with van der Waals surface area (Å²) in [6, 6.07) is 15.2. The Hall–Kier alpha value is -3.85. The lowest BCUT2D eigenvalue weighted by Crippen LogP contribution is -2.50. The van der Waals surface area contributed by atoms with Gasteiger partial charge in [-0.05, 0) is 60.7 Å². The molecule has 1 amide bonds. The predicted molar refractivity (Wildman–Crippen MR) is 129 cm³/mol. The van der Waals surface area contributed by atoms with E-state index in [0.717, 1.165) is 5.82 Å². The highest BCUT2D eigenvalue weighted by atomic mass is 35.5. The second kappa shape index (κ2) is 9.79. The Bertz CT molecular complexity index is 1340. The van der Waals surface area contributed by atoms with Crippen molar-refractivity contribution in [2.45, 2.75) is 6.54 Å². The molecule has 178 valence electrons. The first kappa shape index (κ1) is 22.9. The molecule has 35 heavy (non-hydrogen) atoms. The number of carbonyl (C=O) groups excluding carboxylic acids is 1. The summed E-state index contributed by atoms with van der Waals surface area (Å²) in [6.07, 6.45) is 1.66. The molecule has 10 heteroatoms. The number of amides is 1. The predicted octanol–water partition coefficient (Wildman–Crippen LogP) is 4.29. The molecule has 1 aliphatic rings. The van der Waals surface area contributed by atoms with Crippen LogP contribution < -0.4 is 4.90 Å². The van der Waals surface area contributed by atoms with Gasteiger partial charge in [-0.15, -0.1) is 5.10 Å². The molecule has 0 aliphatic carbocycles. The number of aromatic nitrogens is 4. The van der Waals surface area contributed by atoms with Gasteiger partial charge in [-0.3, -0.25) is 4.79 Å². The van der Waals surface area contributed by atoms with Crippen molar-refractivity contribution in [1.29, 1.82) is 0 Å². The standard InChI is InChI=1S/C25H21ClF2N6O/c26-19-9-10-29-22(15-19)32-11-13-33(14-12-32)23(35)16-34-25(18-3-7-21(28)8-4-18)30-24(31-34)17-1-5-20(27)6-2-17/h1-10,15H,11-14,16H2. The van der Waals surface area contributed by atoms with Crippen LogP contribution in [-0.4, -0.2) is 56.7 Å². The Morgan fingerprint density at radius 3 is 2.14 bits per heavy atom. The first-order valence-corrected chi connectivity index (χ1v) is 11.4. The SMILES string of the molecule is O=C(Cn1nc(-c2ccc(F)cc2)nc1-c1ccc(F)cc1)N1CCN(c2cc(Cl)ccn2)CC1. The highest BCUT2D eigenvalue weighted by molar-refractivity contribution is 6.30. The van der Waals surface area contributed by atoms with Gasteiger partial charge in [0.15, 0.2) is 11.6 Å². The van der Waals surface area contributed by atoms with Gasteiger partial charge < -0.3 is 9.80 Å². The van der Waals surface area contributed by atoms with Crippen LogP contribution in [0.4, 0.5) is 14.6 Å². The number of rotatable bonds is 5. The van der Waals surface area contributed by atoms with Crippen LogP contribution in [0.3, 0.4) is 0 Å². The third-order valence-corrected chi connectivity index (χ3v) is 6.06. The van der Waals surface area contributed by atoms with Crippen LogP contribution in [0, 0.1) is 11.6 Å². The van der Waals surface area contributed by atoms with Gasteiger partial charge >= 0.3 is 0 Å². The lowest BCUT2D eigenvalue weighted by molar-refractivity contribution is -0.132. The maximum atomic E-state index is 13.5. The van der Waals surface area contributed by atoms with Gasteiger partial charge in [0.05, 0.1) is 0 Å². The van der Waals surface area contributed by atoms with Crippen molar-refractivity contribution in [2.24, 2.45) is 0 Å². The summed E-state index contributed by atoms with van der Waals surface area (Å²) in [4.78, 5) is 26.0. The number of anilines is 1. The van der Waals surface area contributed by atoms with E-state index in [1.807, 2.05) is 0 Å². The van der Waals surface area contributed by atoms with Crippen molar-refractivity contribution in [3.05, 3.63) is 83.5 Å². The lowest BCUT2D eigenvalue weighted by atomic mass is 10.2. The minimum absolute atomic E-state index is 0.0314. The van der Waals surface area contributed by atoms with Crippen molar-refractivity contribution in [3.8, 4) is 22.8 Å². The van der Waals surface area contributed by atoms with Crippen molar-refractivity contribution in [3.63, 3.8) is 0 Å². The molecule has 7 nitrogen and oxygen atoms in total. The van der Waals surface area contributed by atoms with Crippen LogP contribution in [0.15, 0.2) is 66.9 Å². The molecule has 0 radical (unpaired) electrons. The van der Waals surface area contributed by atoms with Crippen LogP contribution in [0.1, 0.15) is 0 Å². The number of nitrogens with zero attached hydrogens (tertiary/aromatic N) is 6. The van der Waals surface area contributed by atoms with E-state index in [2.05, 4.69) is 20.0 Å². The Morgan fingerprint density at radius 1 is 0.886 bits per heavy atom. The van der Waals surface area contributed by atoms with Gasteiger partial charge in [-0.2, -0.15) is 0 Å². The smallest absolute Gasteiger partial charge is 0.244 e. The van der Waals surface area contributed by atoms with Gasteiger partial charge in [-0.1, -0.05) is 11.6 Å². The van der Waals surface area contributed by atoms with E-state index in [-0.39, 0.29) is 24.1 Å². The van der Waals surface area contributed by atoms with Crippen LogP contribution in [-0.2, 0) is 11.3 Å². The third kappa shape index (κ3) is 5.14. The summed E-state index contributed by atoms with van der Waals surface area (Å²) in [7, 11) is 0. The number of halogens is 3. The van der Waals surface area contributed by atoms with Crippen molar-refractivity contribution in [2.75, 3.05) is 31.1 Å². The van der Waals surface area contributed by atoms with Gasteiger partial charge in [0.25, 0.3) is 0 Å². The van der Waals surface area contributed by atoms with E-state index in [1.54, 1.807) is 47.5 Å². The topological polar surface area (TPSA) is 67.2 Å². The lowest BCUT2D eigenvalue weighted by Gasteiger charge is -2.35. The zero-order chi connectivity index (χ0) is 24.4. The molecule has 0 unspecified atom stereocenters. The second-order valence-corrected chi connectivity index (χ2v) is 8.57. The summed E-state index contributed by atoms with van der Waals surface area (Å²) >= 11 is 6.08. The molecule has 0 spiro atoms. The van der Waals surface area contributed by atoms with E-state index in [4.69, 9.17) is 11.6 Å². The summed E-state index contributed by atoms with van der Waals surface area (Å²) in [5.74, 6) is 0.718. The molecule has 0 atom stereocenters. The Labute approximate surface area is 205 Å². The van der Waals surface area contributed by atoms with E-state index in [9.17, 15) is 13.6 Å². The third-order valence-electron chi connectivity index (χ3n) is 5.83. The normalized spacial score (nSPS) is 13.8. The molecule has 3 heterocycles. The number of pyridine rings is 1. The molecular formula is C25H21ClF2N6O. The molecule has 0 saturated carbocycles. The summed E-state index contributed by atoms with van der Waals surface area (Å²) in [5, 5.41) is 5.14. The number of piperazine rings is 1. The highest BCUT2D eigenvalue weighted by Crippen LogP contribution is 2.24. The average Bonchev–Trinajstić information content (AvgIpc) is 3.28. The quantitative estimate of drug-likeness (QED) is 0.414. The molecule has 1 fully saturated rings. The number of hydrogen-bond donors (Lipinski definition) is 0. The highest BCUT2D eigenvalue weighted by Gasteiger charge is 2.24. The Morgan fingerprint density at radius 2 is 1.51 bits per heavy atom. The maximum absolute atomic E-state index is 13.5. The minimum Gasteiger partial charge on any atom is -0.353 e. The summed E-state index contributed by atoms with van der Waals surface area (Å²) in [6.45, 7) is 2.28. The zero-order valence-corrected chi connectivity index (χ0v) is 19.4. The summed E-state index contributed by atoms with van der Waals surface area (Å²) in [5.41, 5.74) is 1.24. The molecule has 2 aromatic carbocycles. The maximum Gasteiger partial charge on any atom is 0.244 e. The Balaban J connectivity index is 1.35. The van der Waals surface area contributed by atoms with Gasteiger partial charge in [-0.25, -0.2) is 23.4 Å². The van der Waals surface area contributed by atoms with Gasteiger partial charge in [0, 0.05) is 48.5 Å². The Kier molecular flexibility index (Phi) is 6.41. The van der Waals surface area contributed by atoms with Crippen LogP contribution >= 0.6 is 11.6 Å². The minimum atomic E-state index is -0.373.